The summed E-state index contributed by atoms with van der Waals surface area (Å²) in [5, 5.41) is 10.9. The van der Waals surface area contributed by atoms with Gasteiger partial charge in [0.2, 0.25) is 5.82 Å². The number of halogens is 1. The minimum absolute atomic E-state index is 0.278. The number of rotatable bonds is 3. The van der Waals surface area contributed by atoms with Gasteiger partial charge in [0.15, 0.2) is 5.76 Å². The van der Waals surface area contributed by atoms with E-state index in [1.54, 1.807) is 24.4 Å². The molecule has 5 nitrogen and oxygen atoms in total. The molecule has 176 valence electrons. The van der Waals surface area contributed by atoms with Crippen molar-refractivity contribution in [1.29, 1.82) is 0 Å². The van der Waals surface area contributed by atoms with Gasteiger partial charge in [-0.1, -0.05) is 72.3 Å². The average Bonchev–Trinajstić information content (AvgIpc) is 3.35. The third-order valence-electron chi connectivity index (χ3n) is 6.57. The van der Waals surface area contributed by atoms with Crippen LogP contribution in [0.2, 0.25) is 5.02 Å². The van der Waals surface area contributed by atoms with Crippen LogP contribution >= 0.6 is 11.6 Å². The fourth-order valence-corrected chi connectivity index (χ4v) is 5.00. The molecule has 5 aromatic carbocycles. The second kappa shape index (κ2) is 8.43. The van der Waals surface area contributed by atoms with E-state index in [1.165, 1.54) is 4.68 Å². The zero-order chi connectivity index (χ0) is 24.9. The molecule has 0 bridgehead atoms. The van der Waals surface area contributed by atoms with Crippen molar-refractivity contribution in [1.82, 2.24) is 9.66 Å². The Morgan fingerprint density at radius 3 is 2.19 bits per heavy atom. The molecular formula is C31H18ClN3O2. The van der Waals surface area contributed by atoms with Crippen LogP contribution in [-0.4, -0.2) is 15.9 Å². The highest BCUT2D eigenvalue weighted by Crippen LogP contribution is 2.30. The average molecular weight is 500 g/mol. The maximum atomic E-state index is 13.7. The molecule has 0 aliphatic carbocycles. The van der Waals surface area contributed by atoms with Crippen molar-refractivity contribution in [2.75, 3.05) is 0 Å². The molecule has 37 heavy (non-hydrogen) atoms. The molecule has 6 heteroatoms. The van der Waals surface area contributed by atoms with Crippen molar-refractivity contribution in [2.24, 2.45) is 5.10 Å². The molecule has 0 aliphatic rings. The lowest BCUT2D eigenvalue weighted by Crippen LogP contribution is -2.20. The van der Waals surface area contributed by atoms with Crippen molar-refractivity contribution in [3.63, 3.8) is 0 Å². The summed E-state index contributed by atoms with van der Waals surface area (Å²) in [7, 11) is 0. The van der Waals surface area contributed by atoms with Crippen LogP contribution in [0.3, 0.4) is 0 Å². The van der Waals surface area contributed by atoms with Gasteiger partial charge in [-0.3, -0.25) is 4.79 Å². The lowest BCUT2D eigenvalue weighted by Gasteiger charge is -2.10. The van der Waals surface area contributed by atoms with Gasteiger partial charge in [0.05, 0.1) is 17.1 Å². The Balaban J connectivity index is 1.51. The van der Waals surface area contributed by atoms with Gasteiger partial charge in [-0.2, -0.15) is 9.78 Å². The van der Waals surface area contributed by atoms with Crippen molar-refractivity contribution in [3.8, 4) is 11.6 Å². The van der Waals surface area contributed by atoms with Crippen LogP contribution in [0.15, 0.2) is 117 Å². The Hall–Kier alpha value is -4.74. The summed E-state index contributed by atoms with van der Waals surface area (Å²) >= 11 is 6.19. The lowest BCUT2D eigenvalue weighted by atomic mass is 9.97. The molecular weight excluding hydrogens is 482 g/mol. The molecule has 0 saturated carbocycles. The Bertz CT molecular complexity index is 2030. The molecule has 0 atom stereocenters. The first-order valence-electron chi connectivity index (χ1n) is 11.8. The number of hydrogen-bond donors (Lipinski definition) is 0. The fraction of sp³-hybridized carbons (Fsp3) is 0. The first-order valence-corrected chi connectivity index (χ1v) is 12.2. The van der Waals surface area contributed by atoms with Gasteiger partial charge < -0.3 is 4.42 Å². The number of furan rings is 1. The van der Waals surface area contributed by atoms with Gasteiger partial charge in [0, 0.05) is 16.0 Å². The Morgan fingerprint density at radius 2 is 1.43 bits per heavy atom. The minimum Gasteiger partial charge on any atom is -0.453 e. The number of hydrogen-bond acceptors (Lipinski definition) is 4. The van der Waals surface area contributed by atoms with Crippen LogP contribution in [0.25, 0.3) is 55.0 Å². The summed E-state index contributed by atoms with van der Waals surface area (Å²) in [6.07, 6.45) is 1.74. The summed E-state index contributed by atoms with van der Waals surface area (Å²) in [6, 6.07) is 32.9. The summed E-state index contributed by atoms with van der Waals surface area (Å²) in [5.41, 5.74) is 1.87. The Labute approximate surface area is 215 Å². The van der Waals surface area contributed by atoms with Crippen LogP contribution in [0.4, 0.5) is 0 Å². The van der Waals surface area contributed by atoms with E-state index in [2.05, 4.69) is 30.3 Å². The van der Waals surface area contributed by atoms with Crippen LogP contribution < -0.4 is 5.56 Å². The third-order valence-corrected chi connectivity index (χ3v) is 6.80. The number of aromatic nitrogens is 2. The third kappa shape index (κ3) is 3.60. The molecule has 0 aliphatic heterocycles. The Morgan fingerprint density at radius 1 is 0.757 bits per heavy atom. The molecule has 2 heterocycles. The normalized spacial score (nSPS) is 11.9. The second-order valence-corrected chi connectivity index (χ2v) is 9.28. The van der Waals surface area contributed by atoms with Crippen LogP contribution in [0.5, 0.6) is 0 Å². The van der Waals surface area contributed by atoms with Crippen LogP contribution in [0, 0.1) is 0 Å². The van der Waals surface area contributed by atoms with Crippen LogP contribution in [-0.2, 0) is 0 Å². The zero-order valence-electron chi connectivity index (χ0n) is 19.4. The fourth-order valence-electron chi connectivity index (χ4n) is 4.82. The molecule has 0 unspecified atom stereocenters. The smallest absolute Gasteiger partial charge is 0.282 e. The summed E-state index contributed by atoms with van der Waals surface area (Å²) < 4.78 is 7.41. The van der Waals surface area contributed by atoms with Gasteiger partial charge in [-0.25, -0.2) is 4.98 Å². The van der Waals surface area contributed by atoms with Crippen molar-refractivity contribution < 1.29 is 4.42 Å². The molecule has 2 aromatic heterocycles. The van der Waals surface area contributed by atoms with Gasteiger partial charge in [0.1, 0.15) is 5.58 Å². The first kappa shape index (κ1) is 21.5. The molecule has 0 radical (unpaired) electrons. The SMILES string of the molecule is O=c1c2ccccc2nc(-c2cc3cc(Cl)ccc3o2)n1N=Cc1c2ccccc2cc2ccccc12. The molecule has 0 fully saturated rings. The van der Waals surface area contributed by atoms with Crippen LogP contribution in [0.1, 0.15) is 5.56 Å². The van der Waals surface area contributed by atoms with E-state index in [-0.39, 0.29) is 5.56 Å². The van der Waals surface area contributed by atoms with E-state index in [4.69, 9.17) is 26.1 Å². The highest BCUT2D eigenvalue weighted by molar-refractivity contribution is 6.31. The molecule has 7 aromatic rings. The monoisotopic (exact) mass is 499 g/mol. The molecule has 0 spiro atoms. The van der Waals surface area contributed by atoms with Crippen molar-refractivity contribution in [2.45, 2.75) is 0 Å². The largest absolute Gasteiger partial charge is 0.453 e. The number of fused-ring (bicyclic) bond motifs is 4. The van der Waals surface area contributed by atoms with Gasteiger partial charge in [-0.15, -0.1) is 0 Å². The first-order chi connectivity index (χ1) is 18.2. The summed E-state index contributed by atoms with van der Waals surface area (Å²) in [5.74, 6) is 0.747. The zero-order valence-corrected chi connectivity index (χ0v) is 20.2. The molecule has 0 saturated heterocycles. The van der Waals surface area contributed by atoms with Gasteiger partial charge >= 0.3 is 0 Å². The van der Waals surface area contributed by atoms with E-state index in [1.807, 2.05) is 54.6 Å². The predicted molar refractivity (Wildman–Crippen MR) is 151 cm³/mol. The van der Waals surface area contributed by atoms with Crippen molar-refractivity contribution >= 4 is 61.2 Å². The van der Waals surface area contributed by atoms with Gasteiger partial charge in [-0.05, 0) is 64.0 Å². The number of nitrogens with zero attached hydrogens (tertiary/aromatic N) is 3. The van der Waals surface area contributed by atoms with E-state index < -0.39 is 0 Å². The highest BCUT2D eigenvalue weighted by atomic mass is 35.5. The Kier molecular flexibility index (Phi) is 4.91. The quantitative estimate of drug-likeness (QED) is 0.185. The van der Waals surface area contributed by atoms with E-state index >= 15 is 0 Å². The standard InChI is InChI=1S/C31H18ClN3O2/c32-22-13-14-28-21(16-22)17-29(37-28)30-34-27-12-6-5-11-25(27)31(36)35(30)33-18-26-23-9-3-1-7-19(23)15-20-8-2-4-10-24(20)26/h1-18H. The highest BCUT2D eigenvalue weighted by Gasteiger charge is 2.17. The lowest BCUT2D eigenvalue weighted by molar-refractivity contribution is 0.616. The van der Waals surface area contributed by atoms with E-state index in [0.717, 1.165) is 32.5 Å². The topological polar surface area (TPSA) is 60.4 Å². The number of para-hydroxylation sites is 1. The maximum absolute atomic E-state index is 13.7. The molecule has 0 N–H and O–H groups in total. The summed E-state index contributed by atoms with van der Waals surface area (Å²) in [6.45, 7) is 0. The van der Waals surface area contributed by atoms with E-state index in [0.29, 0.717) is 33.1 Å². The second-order valence-electron chi connectivity index (χ2n) is 8.84. The summed E-state index contributed by atoms with van der Waals surface area (Å²) in [4.78, 5) is 18.5. The predicted octanol–water partition coefficient (Wildman–Crippen LogP) is 7.65. The molecule has 7 rings (SSSR count). The van der Waals surface area contributed by atoms with Gasteiger partial charge in [0.25, 0.3) is 5.56 Å². The maximum Gasteiger partial charge on any atom is 0.282 e. The van der Waals surface area contributed by atoms with Crippen molar-refractivity contribution in [3.05, 3.63) is 124 Å². The number of benzene rings is 5. The minimum atomic E-state index is -0.278. The molecule has 0 amide bonds. The van der Waals surface area contributed by atoms with E-state index in [9.17, 15) is 4.79 Å².